The molecule has 1 fully saturated rings. The fourth-order valence-electron chi connectivity index (χ4n) is 3.10. The fourth-order valence-corrected chi connectivity index (χ4v) is 3.10. The molecule has 0 spiro atoms. The number of hydrogen-bond acceptors (Lipinski definition) is 4. The lowest BCUT2D eigenvalue weighted by atomic mass is 9.93. The van der Waals surface area contributed by atoms with Crippen molar-refractivity contribution in [2.24, 2.45) is 0 Å². The highest BCUT2D eigenvalue weighted by Gasteiger charge is 2.32. The quantitative estimate of drug-likeness (QED) is 0.854. The van der Waals surface area contributed by atoms with E-state index in [1.54, 1.807) is 12.1 Å². The van der Waals surface area contributed by atoms with Gasteiger partial charge in [0.05, 0.1) is 11.1 Å². The molecule has 1 saturated heterocycles. The summed E-state index contributed by atoms with van der Waals surface area (Å²) in [5, 5.41) is 0.817. The van der Waals surface area contributed by atoms with Crippen LogP contribution in [0.25, 0.3) is 10.9 Å². The summed E-state index contributed by atoms with van der Waals surface area (Å²) in [6.45, 7) is 6.25. The standard InChI is InChI=1S/C17H21F2N3O/c1-3-23-17(2)8-10-22(11-9-17)16-12-6-4-5-7-13(12)20-15(21-16)14(18)19/h4-7,14H,3,8-11H2,1-2H3. The van der Waals surface area contributed by atoms with Gasteiger partial charge in [-0.05, 0) is 38.8 Å². The van der Waals surface area contributed by atoms with Crippen molar-refractivity contribution in [3.05, 3.63) is 30.1 Å². The highest BCUT2D eigenvalue weighted by Crippen LogP contribution is 2.32. The summed E-state index contributed by atoms with van der Waals surface area (Å²) in [5.41, 5.74) is 0.422. The Labute approximate surface area is 134 Å². The second-order valence-corrected chi connectivity index (χ2v) is 6.09. The fraction of sp³-hybridized carbons (Fsp3) is 0.529. The van der Waals surface area contributed by atoms with E-state index < -0.39 is 12.2 Å². The van der Waals surface area contributed by atoms with Crippen LogP contribution in [0.1, 0.15) is 38.9 Å². The zero-order valence-corrected chi connectivity index (χ0v) is 13.4. The molecule has 1 aromatic heterocycles. The number of para-hydroxylation sites is 1. The van der Waals surface area contributed by atoms with Crippen LogP contribution in [-0.2, 0) is 4.74 Å². The van der Waals surface area contributed by atoms with Crippen molar-refractivity contribution >= 4 is 16.7 Å². The highest BCUT2D eigenvalue weighted by atomic mass is 19.3. The van der Waals surface area contributed by atoms with E-state index in [0.29, 0.717) is 17.9 Å². The maximum Gasteiger partial charge on any atom is 0.297 e. The molecule has 2 heterocycles. The van der Waals surface area contributed by atoms with E-state index in [1.165, 1.54) is 0 Å². The first-order valence-electron chi connectivity index (χ1n) is 7.96. The van der Waals surface area contributed by atoms with E-state index in [0.717, 1.165) is 31.3 Å². The number of benzene rings is 1. The molecule has 0 atom stereocenters. The molecule has 1 aromatic carbocycles. The zero-order valence-electron chi connectivity index (χ0n) is 13.4. The number of ether oxygens (including phenoxy) is 1. The van der Waals surface area contributed by atoms with Crippen LogP contribution in [0.4, 0.5) is 14.6 Å². The largest absolute Gasteiger partial charge is 0.375 e. The third-order valence-corrected chi connectivity index (χ3v) is 4.41. The minimum Gasteiger partial charge on any atom is -0.375 e. The number of halogens is 2. The molecule has 23 heavy (non-hydrogen) atoms. The molecule has 1 aliphatic heterocycles. The Morgan fingerprint density at radius 1 is 1.22 bits per heavy atom. The average molecular weight is 321 g/mol. The number of anilines is 1. The molecule has 1 aliphatic rings. The van der Waals surface area contributed by atoms with Crippen molar-refractivity contribution in [2.75, 3.05) is 24.6 Å². The van der Waals surface area contributed by atoms with Crippen molar-refractivity contribution in [3.8, 4) is 0 Å². The smallest absolute Gasteiger partial charge is 0.297 e. The van der Waals surface area contributed by atoms with Crippen molar-refractivity contribution in [3.63, 3.8) is 0 Å². The van der Waals surface area contributed by atoms with Crippen LogP contribution in [-0.4, -0.2) is 35.3 Å². The van der Waals surface area contributed by atoms with Crippen LogP contribution >= 0.6 is 0 Å². The monoisotopic (exact) mass is 321 g/mol. The Balaban J connectivity index is 1.93. The molecule has 4 nitrogen and oxygen atoms in total. The van der Waals surface area contributed by atoms with E-state index >= 15 is 0 Å². The Bertz CT molecular complexity index is 685. The van der Waals surface area contributed by atoms with Gasteiger partial charge < -0.3 is 9.64 Å². The third kappa shape index (κ3) is 3.27. The maximum absolute atomic E-state index is 13.1. The summed E-state index contributed by atoms with van der Waals surface area (Å²) in [7, 11) is 0. The van der Waals surface area contributed by atoms with Crippen LogP contribution in [0.5, 0.6) is 0 Å². The molecule has 124 valence electrons. The molecule has 0 N–H and O–H groups in total. The zero-order chi connectivity index (χ0) is 16.4. The second-order valence-electron chi connectivity index (χ2n) is 6.09. The molecule has 6 heteroatoms. The number of rotatable bonds is 4. The number of fused-ring (bicyclic) bond motifs is 1. The van der Waals surface area contributed by atoms with Crippen LogP contribution in [0.2, 0.25) is 0 Å². The molecule has 0 saturated carbocycles. The van der Waals surface area contributed by atoms with Gasteiger partial charge in [0.1, 0.15) is 5.82 Å². The third-order valence-electron chi connectivity index (χ3n) is 4.41. The number of piperidine rings is 1. The lowest BCUT2D eigenvalue weighted by Gasteiger charge is -2.40. The summed E-state index contributed by atoms with van der Waals surface area (Å²) in [4.78, 5) is 10.2. The van der Waals surface area contributed by atoms with E-state index in [4.69, 9.17) is 4.74 Å². The van der Waals surface area contributed by atoms with Gasteiger partial charge in [0.25, 0.3) is 6.43 Å². The Morgan fingerprint density at radius 3 is 2.57 bits per heavy atom. The van der Waals surface area contributed by atoms with Gasteiger partial charge in [0, 0.05) is 25.1 Å². The predicted molar refractivity (Wildman–Crippen MR) is 86.0 cm³/mol. The van der Waals surface area contributed by atoms with Gasteiger partial charge >= 0.3 is 0 Å². The molecule has 0 radical (unpaired) electrons. The van der Waals surface area contributed by atoms with E-state index in [-0.39, 0.29) is 5.60 Å². The SMILES string of the molecule is CCOC1(C)CCN(c2nc(C(F)F)nc3ccccc23)CC1. The predicted octanol–water partition coefficient (Wildman–Crippen LogP) is 3.96. The molecule has 0 amide bonds. The van der Waals surface area contributed by atoms with Gasteiger partial charge in [-0.1, -0.05) is 12.1 Å². The van der Waals surface area contributed by atoms with Crippen LogP contribution in [0.15, 0.2) is 24.3 Å². The highest BCUT2D eigenvalue weighted by molar-refractivity contribution is 5.89. The van der Waals surface area contributed by atoms with Crippen LogP contribution in [0.3, 0.4) is 0 Å². The van der Waals surface area contributed by atoms with Gasteiger partial charge in [-0.2, -0.15) is 0 Å². The van der Waals surface area contributed by atoms with Crippen LogP contribution in [0, 0.1) is 0 Å². The minimum absolute atomic E-state index is 0.139. The first-order chi connectivity index (χ1) is 11.0. The molecule has 2 aromatic rings. The van der Waals surface area contributed by atoms with Crippen molar-refractivity contribution in [1.29, 1.82) is 0 Å². The van der Waals surface area contributed by atoms with Gasteiger partial charge in [0.2, 0.25) is 0 Å². The second kappa shape index (κ2) is 6.35. The lowest BCUT2D eigenvalue weighted by Crippen LogP contribution is -2.44. The molecule has 0 aliphatic carbocycles. The summed E-state index contributed by atoms with van der Waals surface area (Å²) in [6.07, 6.45) is -0.969. The summed E-state index contributed by atoms with van der Waals surface area (Å²) < 4.78 is 32.0. The number of aromatic nitrogens is 2. The maximum atomic E-state index is 13.1. The van der Waals surface area contributed by atoms with Gasteiger partial charge in [0.15, 0.2) is 5.82 Å². The minimum atomic E-state index is -2.67. The Kier molecular flexibility index (Phi) is 4.43. The van der Waals surface area contributed by atoms with Crippen molar-refractivity contribution in [1.82, 2.24) is 9.97 Å². The Morgan fingerprint density at radius 2 is 1.91 bits per heavy atom. The summed E-state index contributed by atoms with van der Waals surface area (Å²) in [5.74, 6) is 0.196. The van der Waals surface area contributed by atoms with E-state index in [9.17, 15) is 8.78 Å². The molecular weight excluding hydrogens is 300 g/mol. The number of hydrogen-bond donors (Lipinski definition) is 0. The topological polar surface area (TPSA) is 38.2 Å². The van der Waals surface area contributed by atoms with Crippen molar-refractivity contribution < 1.29 is 13.5 Å². The van der Waals surface area contributed by atoms with Gasteiger partial charge in [-0.15, -0.1) is 0 Å². The molecule has 3 rings (SSSR count). The molecule has 0 unspecified atom stereocenters. The van der Waals surface area contributed by atoms with Gasteiger partial charge in [-0.25, -0.2) is 18.7 Å². The number of nitrogens with zero attached hydrogens (tertiary/aromatic N) is 3. The van der Waals surface area contributed by atoms with Crippen LogP contribution < -0.4 is 4.90 Å². The summed E-state index contributed by atoms with van der Waals surface area (Å²) >= 11 is 0. The van der Waals surface area contributed by atoms with Crippen molar-refractivity contribution in [2.45, 2.75) is 38.7 Å². The molecule has 0 bridgehead atoms. The summed E-state index contributed by atoms with van der Waals surface area (Å²) in [6, 6.07) is 7.32. The first kappa shape index (κ1) is 16.1. The average Bonchev–Trinajstić information content (AvgIpc) is 2.54. The van der Waals surface area contributed by atoms with E-state index in [2.05, 4.69) is 21.8 Å². The molecular formula is C17H21F2N3O. The van der Waals surface area contributed by atoms with E-state index in [1.807, 2.05) is 19.1 Å². The first-order valence-corrected chi connectivity index (χ1v) is 7.96. The Hall–Kier alpha value is -1.82. The number of alkyl halides is 2. The van der Waals surface area contributed by atoms with Gasteiger partial charge in [-0.3, -0.25) is 0 Å². The lowest BCUT2D eigenvalue weighted by molar-refractivity contribution is -0.0414. The normalized spacial score (nSPS) is 17.9.